The Bertz CT molecular complexity index is 993. The molecule has 0 unspecified atom stereocenters. The van der Waals surface area contributed by atoms with E-state index in [1.807, 2.05) is 31.6 Å². The second-order valence-corrected chi connectivity index (χ2v) is 7.78. The smallest absolute Gasteiger partial charge is 0.270 e. The van der Waals surface area contributed by atoms with Crippen molar-refractivity contribution in [2.24, 2.45) is 7.05 Å². The van der Waals surface area contributed by atoms with Crippen molar-refractivity contribution in [3.8, 4) is 16.9 Å². The van der Waals surface area contributed by atoms with Crippen molar-refractivity contribution in [1.82, 2.24) is 29.6 Å². The molecule has 1 aliphatic rings. The minimum atomic E-state index is -0.171. The quantitative estimate of drug-likeness (QED) is 0.558. The summed E-state index contributed by atoms with van der Waals surface area (Å²) in [6, 6.07) is 3.86. The Morgan fingerprint density at radius 1 is 1.19 bits per heavy atom. The predicted octanol–water partition coefficient (Wildman–Crippen LogP) is 2.37. The molecule has 0 aromatic carbocycles. The average molecular weight is 425 g/mol. The molecular weight excluding hydrogens is 396 g/mol. The van der Waals surface area contributed by atoms with Gasteiger partial charge in [-0.15, -0.1) is 0 Å². The third-order valence-electron chi connectivity index (χ3n) is 5.50. The second kappa shape index (κ2) is 9.84. The number of rotatable bonds is 8. The lowest BCUT2D eigenvalue weighted by Crippen LogP contribution is -2.39. The number of nitrogens with one attached hydrogen (secondary N) is 1. The molecule has 1 saturated carbocycles. The summed E-state index contributed by atoms with van der Waals surface area (Å²) in [5, 5.41) is 7.40. The van der Waals surface area contributed by atoms with Gasteiger partial charge in [-0.25, -0.2) is 9.97 Å². The predicted molar refractivity (Wildman–Crippen MR) is 115 cm³/mol. The van der Waals surface area contributed by atoms with Crippen LogP contribution in [0.5, 0.6) is 0 Å². The summed E-state index contributed by atoms with van der Waals surface area (Å²) >= 11 is 0. The van der Waals surface area contributed by atoms with E-state index in [2.05, 4.69) is 20.4 Å². The largest absolute Gasteiger partial charge is 0.382 e. The zero-order chi connectivity index (χ0) is 21.6. The minimum absolute atomic E-state index is 0.121. The Hall–Kier alpha value is -3.04. The van der Waals surface area contributed by atoms with E-state index in [0.29, 0.717) is 24.7 Å². The van der Waals surface area contributed by atoms with Gasteiger partial charge in [0.15, 0.2) is 0 Å². The van der Waals surface area contributed by atoms with Crippen molar-refractivity contribution in [3.05, 3.63) is 48.9 Å². The van der Waals surface area contributed by atoms with E-state index in [1.54, 1.807) is 35.1 Å². The summed E-state index contributed by atoms with van der Waals surface area (Å²) in [5.41, 5.74) is 2.18. The van der Waals surface area contributed by atoms with Gasteiger partial charge in [0.2, 0.25) is 0 Å². The molecule has 1 aliphatic carbocycles. The first-order valence-corrected chi connectivity index (χ1v) is 10.5. The van der Waals surface area contributed by atoms with Gasteiger partial charge >= 0.3 is 0 Å². The van der Waals surface area contributed by atoms with Crippen LogP contribution in [0.1, 0.15) is 36.2 Å². The standard InChI is InChI=1S/C22H28N6O3/c1-27-14-17(13-24-27)16-11-20(26-21(12-16)28-8-7-23-15-28)22(29)25-18-3-5-19(6-4-18)31-10-9-30-2/h7-8,11-15,18-19H,3-6,9-10H2,1-2H3,(H,25,29)/t18-,19-. The summed E-state index contributed by atoms with van der Waals surface area (Å²) < 4.78 is 14.4. The van der Waals surface area contributed by atoms with Crippen LogP contribution in [0, 0.1) is 0 Å². The molecule has 3 aromatic rings. The van der Waals surface area contributed by atoms with Crippen LogP contribution in [-0.4, -0.2) is 62.7 Å². The number of carbonyl (C=O) groups is 1. The van der Waals surface area contributed by atoms with E-state index in [0.717, 1.165) is 36.8 Å². The van der Waals surface area contributed by atoms with Crippen molar-refractivity contribution >= 4 is 5.91 Å². The molecule has 164 valence electrons. The van der Waals surface area contributed by atoms with Crippen LogP contribution in [0.15, 0.2) is 43.2 Å². The highest BCUT2D eigenvalue weighted by atomic mass is 16.5. The number of imidazole rings is 1. The SMILES string of the molecule is COCCO[C@H]1CC[C@H](NC(=O)c2cc(-c3cnn(C)c3)cc(-n3ccnc3)n2)CC1. The van der Waals surface area contributed by atoms with E-state index in [4.69, 9.17) is 9.47 Å². The maximum atomic E-state index is 13.0. The summed E-state index contributed by atoms with van der Waals surface area (Å²) in [5.74, 6) is 0.468. The Morgan fingerprint density at radius 2 is 2.03 bits per heavy atom. The molecule has 1 amide bonds. The van der Waals surface area contributed by atoms with Gasteiger partial charge in [-0.3, -0.25) is 14.0 Å². The number of methoxy groups -OCH3 is 1. The molecular formula is C22H28N6O3. The van der Waals surface area contributed by atoms with Gasteiger partial charge in [0, 0.05) is 44.4 Å². The molecule has 9 heteroatoms. The fraction of sp³-hybridized carbons (Fsp3) is 0.455. The third kappa shape index (κ3) is 5.36. The molecule has 0 aliphatic heterocycles. The maximum absolute atomic E-state index is 13.0. The molecule has 4 rings (SSSR count). The molecule has 31 heavy (non-hydrogen) atoms. The molecule has 0 saturated heterocycles. The fourth-order valence-corrected chi connectivity index (χ4v) is 3.83. The van der Waals surface area contributed by atoms with Crippen LogP contribution in [0.4, 0.5) is 0 Å². The van der Waals surface area contributed by atoms with Crippen molar-refractivity contribution < 1.29 is 14.3 Å². The molecule has 0 spiro atoms. The summed E-state index contributed by atoms with van der Waals surface area (Å²) in [7, 11) is 3.54. The molecule has 3 heterocycles. The monoisotopic (exact) mass is 424 g/mol. The van der Waals surface area contributed by atoms with Crippen LogP contribution in [0.3, 0.4) is 0 Å². The van der Waals surface area contributed by atoms with Gasteiger partial charge in [0.05, 0.1) is 25.5 Å². The van der Waals surface area contributed by atoms with Gasteiger partial charge in [0.25, 0.3) is 5.91 Å². The topological polar surface area (TPSA) is 96.1 Å². The highest BCUT2D eigenvalue weighted by molar-refractivity contribution is 5.94. The van der Waals surface area contributed by atoms with Crippen molar-refractivity contribution in [3.63, 3.8) is 0 Å². The molecule has 0 bridgehead atoms. The van der Waals surface area contributed by atoms with E-state index in [-0.39, 0.29) is 18.1 Å². The molecule has 3 aromatic heterocycles. The average Bonchev–Trinajstić information content (AvgIpc) is 3.47. The number of ether oxygens (including phenoxy) is 2. The summed E-state index contributed by atoms with van der Waals surface area (Å²) in [6.07, 6.45) is 12.7. The number of hydrogen-bond acceptors (Lipinski definition) is 6. The van der Waals surface area contributed by atoms with Crippen molar-refractivity contribution in [2.45, 2.75) is 37.8 Å². The Kier molecular flexibility index (Phi) is 6.73. The van der Waals surface area contributed by atoms with Gasteiger partial charge < -0.3 is 14.8 Å². The minimum Gasteiger partial charge on any atom is -0.382 e. The highest BCUT2D eigenvalue weighted by Gasteiger charge is 2.24. The lowest BCUT2D eigenvalue weighted by Gasteiger charge is -2.29. The number of aromatic nitrogens is 5. The number of carbonyl (C=O) groups excluding carboxylic acids is 1. The normalized spacial score (nSPS) is 18.8. The van der Waals surface area contributed by atoms with E-state index < -0.39 is 0 Å². The summed E-state index contributed by atoms with van der Waals surface area (Å²) in [6.45, 7) is 1.22. The van der Waals surface area contributed by atoms with E-state index in [9.17, 15) is 4.79 Å². The lowest BCUT2D eigenvalue weighted by molar-refractivity contribution is -0.00409. The van der Waals surface area contributed by atoms with E-state index in [1.165, 1.54) is 0 Å². The highest BCUT2D eigenvalue weighted by Crippen LogP contribution is 2.24. The van der Waals surface area contributed by atoms with Gasteiger partial charge in [-0.1, -0.05) is 0 Å². The third-order valence-corrected chi connectivity index (χ3v) is 5.50. The first-order chi connectivity index (χ1) is 15.1. The maximum Gasteiger partial charge on any atom is 0.270 e. The first kappa shape index (κ1) is 21.2. The van der Waals surface area contributed by atoms with Crippen LogP contribution in [0.25, 0.3) is 16.9 Å². The molecule has 0 radical (unpaired) electrons. The van der Waals surface area contributed by atoms with Crippen LogP contribution in [-0.2, 0) is 16.5 Å². The molecule has 9 nitrogen and oxygen atoms in total. The second-order valence-electron chi connectivity index (χ2n) is 7.78. The Balaban J connectivity index is 1.47. The van der Waals surface area contributed by atoms with Gasteiger partial charge in [0.1, 0.15) is 17.8 Å². The van der Waals surface area contributed by atoms with Crippen LogP contribution >= 0.6 is 0 Å². The lowest BCUT2D eigenvalue weighted by atomic mass is 9.93. The van der Waals surface area contributed by atoms with Crippen LogP contribution < -0.4 is 5.32 Å². The number of pyridine rings is 1. The molecule has 0 atom stereocenters. The fourth-order valence-electron chi connectivity index (χ4n) is 3.83. The van der Waals surface area contributed by atoms with E-state index >= 15 is 0 Å². The Morgan fingerprint density at radius 3 is 2.71 bits per heavy atom. The number of amides is 1. The van der Waals surface area contributed by atoms with Crippen molar-refractivity contribution in [1.29, 1.82) is 0 Å². The van der Waals surface area contributed by atoms with Crippen LogP contribution in [0.2, 0.25) is 0 Å². The van der Waals surface area contributed by atoms with Crippen molar-refractivity contribution in [2.75, 3.05) is 20.3 Å². The Labute approximate surface area is 181 Å². The molecule has 1 fully saturated rings. The number of nitrogens with zero attached hydrogens (tertiary/aromatic N) is 5. The number of aryl methyl sites for hydroxylation is 1. The molecule has 1 N–H and O–H groups in total. The zero-order valence-corrected chi connectivity index (χ0v) is 17.9. The van der Waals surface area contributed by atoms with Gasteiger partial charge in [-0.05, 0) is 43.4 Å². The number of hydrogen-bond donors (Lipinski definition) is 1. The summed E-state index contributed by atoms with van der Waals surface area (Å²) in [4.78, 5) is 21.7. The van der Waals surface area contributed by atoms with Gasteiger partial charge in [-0.2, -0.15) is 5.10 Å². The zero-order valence-electron chi connectivity index (χ0n) is 17.9. The first-order valence-electron chi connectivity index (χ1n) is 10.5.